The third-order valence-corrected chi connectivity index (χ3v) is 0.923. The topological polar surface area (TPSA) is 53.2 Å². The van der Waals surface area contributed by atoms with Crippen LogP contribution < -0.4 is 16.0 Å². The predicted molar refractivity (Wildman–Crippen MR) is 75.3 cm³/mol. The fraction of sp³-hybridized carbons (Fsp3) is 0.727. The summed E-state index contributed by atoms with van der Waals surface area (Å²) in [5.41, 5.74) is 0.573. The van der Waals surface area contributed by atoms with Crippen molar-refractivity contribution in [1.82, 2.24) is 16.0 Å². The van der Waals surface area contributed by atoms with Crippen LogP contribution in [-0.2, 0) is 4.79 Å². The third-order valence-electron chi connectivity index (χ3n) is 0.923. The van der Waals surface area contributed by atoms with E-state index in [2.05, 4.69) is 22.5 Å². The second kappa shape index (κ2) is 23.9. The Morgan fingerprint density at radius 1 is 1.12 bits per heavy atom. The summed E-state index contributed by atoms with van der Waals surface area (Å²) < 4.78 is 0. The van der Waals surface area contributed by atoms with Crippen molar-refractivity contribution < 1.29 is 4.79 Å². The first-order chi connectivity index (χ1) is 7.01. The van der Waals surface area contributed by atoms with Crippen molar-refractivity contribution in [2.75, 3.05) is 34.7 Å². The summed E-state index contributed by atoms with van der Waals surface area (Å²) in [5, 5.41) is 8.19. The minimum atomic E-state index is -0.0446. The monoisotopic (exact) mass is 253 g/mol. The van der Waals surface area contributed by atoms with Gasteiger partial charge < -0.3 is 16.0 Å². The number of nitrogens with one attached hydrogen (secondary N) is 3. The van der Waals surface area contributed by atoms with E-state index in [1.54, 1.807) is 6.92 Å². The van der Waals surface area contributed by atoms with Crippen molar-refractivity contribution in [3.63, 3.8) is 0 Å². The van der Waals surface area contributed by atoms with Crippen LogP contribution in [0.25, 0.3) is 0 Å². The van der Waals surface area contributed by atoms with E-state index in [1.807, 2.05) is 35.1 Å². The molecule has 0 aliphatic heterocycles. The van der Waals surface area contributed by atoms with Gasteiger partial charge in [0.1, 0.15) is 0 Å². The number of hydrogen-bond acceptors (Lipinski definition) is 3. The molecule has 0 rings (SSSR count). The van der Waals surface area contributed by atoms with Gasteiger partial charge in [-0.2, -0.15) is 0 Å². The number of carbonyl (C=O) groups is 1. The molecule has 1 amide bonds. The SMILES string of the molecule is C=C(C)C(=O)NCCC.CNC.CNC.Cl. The number of hydrogen-bond donors (Lipinski definition) is 3. The molecule has 0 fully saturated rings. The third kappa shape index (κ3) is 37.6. The van der Waals surface area contributed by atoms with Gasteiger partial charge in [-0.1, -0.05) is 13.5 Å². The van der Waals surface area contributed by atoms with Gasteiger partial charge in [-0.15, -0.1) is 12.4 Å². The van der Waals surface area contributed by atoms with E-state index in [1.165, 1.54) is 0 Å². The largest absolute Gasteiger partial charge is 0.352 e. The van der Waals surface area contributed by atoms with Gasteiger partial charge in [0.05, 0.1) is 0 Å². The van der Waals surface area contributed by atoms with Crippen molar-refractivity contribution in [2.24, 2.45) is 0 Å². The van der Waals surface area contributed by atoms with Crippen LogP contribution in [0.5, 0.6) is 0 Å². The van der Waals surface area contributed by atoms with Gasteiger partial charge in [0, 0.05) is 12.1 Å². The van der Waals surface area contributed by atoms with Crippen LogP contribution in [-0.4, -0.2) is 40.6 Å². The number of carbonyl (C=O) groups excluding carboxylic acids is 1. The van der Waals surface area contributed by atoms with Crippen LogP contribution in [0, 0.1) is 0 Å². The Labute approximate surface area is 107 Å². The van der Waals surface area contributed by atoms with Crippen molar-refractivity contribution in [1.29, 1.82) is 0 Å². The maximum Gasteiger partial charge on any atom is 0.246 e. The van der Waals surface area contributed by atoms with Crippen molar-refractivity contribution in [3.8, 4) is 0 Å². The fourth-order valence-corrected chi connectivity index (χ4v) is 0.389. The summed E-state index contributed by atoms with van der Waals surface area (Å²) in [6.45, 7) is 7.95. The number of rotatable bonds is 3. The van der Waals surface area contributed by atoms with Gasteiger partial charge in [-0.05, 0) is 41.5 Å². The molecule has 4 nitrogen and oxygen atoms in total. The lowest BCUT2D eigenvalue weighted by atomic mass is 10.3. The molecule has 100 valence electrons. The molecule has 0 heterocycles. The van der Waals surface area contributed by atoms with E-state index >= 15 is 0 Å². The lowest BCUT2D eigenvalue weighted by Gasteiger charge is -1.99. The zero-order valence-electron chi connectivity index (χ0n) is 11.4. The lowest BCUT2D eigenvalue weighted by Crippen LogP contribution is -2.24. The number of halogens is 1. The molecular weight excluding hydrogens is 226 g/mol. The van der Waals surface area contributed by atoms with E-state index in [0.717, 1.165) is 13.0 Å². The quantitative estimate of drug-likeness (QED) is 0.663. The highest BCUT2D eigenvalue weighted by atomic mass is 35.5. The van der Waals surface area contributed by atoms with E-state index < -0.39 is 0 Å². The van der Waals surface area contributed by atoms with Gasteiger partial charge in [-0.25, -0.2) is 0 Å². The summed E-state index contributed by atoms with van der Waals surface area (Å²) in [7, 11) is 7.50. The number of amides is 1. The van der Waals surface area contributed by atoms with Crippen LogP contribution in [0.1, 0.15) is 20.3 Å². The molecule has 0 saturated heterocycles. The van der Waals surface area contributed by atoms with Crippen LogP contribution in [0.2, 0.25) is 0 Å². The summed E-state index contributed by atoms with van der Waals surface area (Å²) in [6, 6.07) is 0. The lowest BCUT2D eigenvalue weighted by molar-refractivity contribution is -0.117. The first-order valence-electron chi connectivity index (χ1n) is 5.12. The maximum absolute atomic E-state index is 10.7. The smallest absolute Gasteiger partial charge is 0.246 e. The Balaban J connectivity index is -0.0000000870. The van der Waals surface area contributed by atoms with Crippen LogP contribution in [0.3, 0.4) is 0 Å². The van der Waals surface area contributed by atoms with E-state index in [4.69, 9.17) is 0 Å². The Bertz CT molecular complexity index is 150. The van der Waals surface area contributed by atoms with Crippen molar-refractivity contribution in [2.45, 2.75) is 20.3 Å². The molecule has 0 unspecified atom stereocenters. The highest BCUT2D eigenvalue weighted by Crippen LogP contribution is 1.84. The van der Waals surface area contributed by atoms with Gasteiger partial charge in [-0.3, -0.25) is 4.79 Å². The average Bonchev–Trinajstić information content (AvgIpc) is 2.16. The highest BCUT2D eigenvalue weighted by molar-refractivity contribution is 5.91. The zero-order chi connectivity index (χ0) is 12.7. The molecule has 0 saturated carbocycles. The predicted octanol–water partition coefficient (Wildman–Crippen LogP) is 1.18. The Morgan fingerprint density at radius 2 is 1.44 bits per heavy atom. The van der Waals surface area contributed by atoms with Gasteiger partial charge in [0.2, 0.25) is 5.91 Å². The summed E-state index contributed by atoms with van der Waals surface area (Å²) >= 11 is 0. The molecule has 0 radical (unpaired) electrons. The molecule has 16 heavy (non-hydrogen) atoms. The minimum absolute atomic E-state index is 0. The van der Waals surface area contributed by atoms with E-state index in [0.29, 0.717) is 5.57 Å². The summed E-state index contributed by atoms with van der Waals surface area (Å²) in [5.74, 6) is -0.0446. The molecule has 0 spiro atoms. The molecule has 0 aliphatic rings. The van der Waals surface area contributed by atoms with Crippen LogP contribution in [0.4, 0.5) is 0 Å². The van der Waals surface area contributed by atoms with E-state index in [9.17, 15) is 4.79 Å². The Kier molecular flexibility index (Phi) is 36.8. The Morgan fingerprint density at radius 3 is 1.62 bits per heavy atom. The molecule has 0 atom stereocenters. The van der Waals surface area contributed by atoms with Gasteiger partial charge >= 0.3 is 0 Å². The molecule has 0 aromatic heterocycles. The molecule has 0 aliphatic carbocycles. The maximum atomic E-state index is 10.7. The molecule has 0 bridgehead atoms. The first-order valence-corrected chi connectivity index (χ1v) is 5.12. The fourth-order valence-electron chi connectivity index (χ4n) is 0.389. The van der Waals surface area contributed by atoms with Crippen LogP contribution in [0.15, 0.2) is 12.2 Å². The highest BCUT2D eigenvalue weighted by Gasteiger charge is 1.96. The summed E-state index contributed by atoms with van der Waals surface area (Å²) in [6.07, 6.45) is 0.971. The molecular formula is C11H28ClN3O. The second-order valence-corrected chi connectivity index (χ2v) is 3.04. The normalized spacial score (nSPS) is 7.12. The van der Waals surface area contributed by atoms with Crippen molar-refractivity contribution >= 4 is 18.3 Å². The molecule has 3 N–H and O–H groups in total. The first kappa shape index (κ1) is 24.6. The standard InChI is InChI=1S/C7H13NO.2C2H7N.ClH/c1-4-5-8-7(9)6(2)3;2*1-3-2;/h2,4-5H2,1,3H3,(H,8,9);2*3H,1-2H3;1H. The molecule has 5 heteroatoms. The second-order valence-electron chi connectivity index (χ2n) is 3.04. The molecule has 0 aromatic rings. The minimum Gasteiger partial charge on any atom is -0.352 e. The van der Waals surface area contributed by atoms with Gasteiger partial charge in [0.15, 0.2) is 0 Å². The van der Waals surface area contributed by atoms with E-state index in [-0.39, 0.29) is 18.3 Å². The Hall–Kier alpha value is -0.580. The average molecular weight is 254 g/mol. The zero-order valence-corrected chi connectivity index (χ0v) is 12.3. The molecule has 0 aromatic carbocycles. The van der Waals surface area contributed by atoms with Crippen molar-refractivity contribution in [3.05, 3.63) is 12.2 Å². The van der Waals surface area contributed by atoms with Crippen LogP contribution >= 0.6 is 12.4 Å². The van der Waals surface area contributed by atoms with Gasteiger partial charge in [0.25, 0.3) is 0 Å². The summed E-state index contributed by atoms with van der Waals surface area (Å²) in [4.78, 5) is 10.7.